The van der Waals surface area contributed by atoms with Crippen LogP contribution in [0.25, 0.3) is 0 Å². The summed E-state index contributed by atoms with van der Waals surface area (Å²) in [5.74, 6) is 0. The van der Waals surface area contributed by atoms with Crippen LogP contribution < -0.4 is 10.3 Å². The Morgan fingerprint density at radius 1 is 0.875 bits per heavy atom. The van der Waals surface area contributed by atoms with Gasteiger partial charge in [-0.3, -0.25) is 0 Å². The summed E-state index contributed by atoms with van der Waals surface area (Å²) in [6, 6.07) is 20.2. The predicted molar refractivity (Wildman–Crippen MR) is 72.5 cm³/mol. The average Bonchev–Trinajstić information content (AvgIpc) is 2.39. The van der Waals surface area contributed by atoms with Gasteiger partial charge in [-0.25, -0.2) is 0 Å². The summed E-state index contributed by atoms with van der Waals surface area (Å²) in [4.78, 5) is 2.05. The second-order valence-electron chi connectivity index (χ2n) is 3.69. The molecule has 0 N–H and O–H groups in total. The van der Waals surface area contributed by atoms with Gasteiger partial charge in [0.2, 0.25) is 0 Å². The minimum atomic E-state index is -0.136. The molecular weight excluding hydrogens is 216 g/mol. The van der Waals surface area contributed by atoms with Gasteiger partial charge in [-0.15, -0.1) is 0 Å². The Morgan fingerprint density at radius 2 is 1.38 bits per heavy atom. The summed E-state index contributed by atoms with van der Waals surface area (Å²) < 4.78 is 0. The van der Waals surface area contributed by atoms with Gasteiger partial charge in [0.15, 0.2) is 0 Å². The Bertz CT molecular complexity index is 389. The van der Waals surface area contributed by atoms with Crippen molar-refractivity contribution in [2.45, 2.75) is 0 Å². The summed E-state index contributed by atoms with van der Waals surface area (Å²) in [6.07, 6.45) is -0.136. The highest BCUT2D eigenvalue weighted by molar-refractivity contribution is 7.16. The molecule has 0 saturated heterocycles. The van der Waals surface area contributed by atoms with Crippen molar-refractivity contribution in [1.29, 1.82) is 0 Å². The number of anilines is 1. The van der Waals surface area contributed by atoms with E-state index >= 15 is 0 Å². The molecular formula is C13H13BClN. The summed E-state index contributed by atoms with van der Waals surface area (Å²) >= 11 is 6.42. The molecule has 0 aliphatic rings. The van der Waals surface area contributed by atoms with Crippen molar-refractivity contribution in [3.63, 3.8) is 0 Å². The van der Waals surface area contributed by atoms with Crippen molar-refractivity contribution in [2.75, 3.05) is 11.9 Å². The molecule has 80 valence electrons. The van der Waals surface area contributed by atoms with Crippen molar-refractivity contribution >= 4 is 28.9 Å². The van der Waals surface area contributed by atoms with E-state index in [0.717, 1.165) is 11.2 Å². The first-order chi connectivity index (χ1) is 7.79. The van der Waals surface area contributed by atoms with E-state index in [9.17, 15) is 0 Å². The number of halogens is 1. The minimum Gasteiger partial charge on any atom is -0.400 e. The first-order valence-corrected chi connectivity index (χ1v) is 5.69. The van der Waals surface area contributed by atoms with E-state index in [1.54, 1.807) is 0 Å². The molecule has 0 bridgehead atoms. The van der Waals surface area contributed by atoms with Crippen molar-refractivity contribution < 1.29 is 0 Å². The Kier molecular flexibility index (Phi) is 3.52. The van der Waals surface area contributed by atoms with Gasteiger partial charge < -0.3 is 4.81 Å². The van der Waals surface area contributed by atoms with E-state index in [0.29, 0.717) is 0 Å². The van der Waals surface area contributed by atoms with Crippen molar-refractivity contribution in [2.24, 2.45) is 0 Å². The fraction of sp³-hybridized carbons (Fsp3) is 0.0769. The van der Waals surface area contributed by atoms with E-state index in [1.807, 2.05) is 55.6 Å². The Labute approximate surface area is 102 Å². The third-order valence-electron chi connectivity index (χ3n) is 2.58. The average molecular weight is 230 g/mol. The van der Waals surface area contributed by atoms with Crippen molar-refractivity contribution in [1.82, 2.24) is 0 Å². The highest BCUT2D eigenvalue weighted by Crippen LogP contribution is 2.14. The second kappa shape index (κ2) is 5.08. The topological polar surface area (TPSA) is 3.24 Å². The molecule has 0 radical (unpaired) electrons. The van der Waals surface area contributed by atoms with Gasteiger partial charge in [0.1, 0.15) is 0 Å². The van der Waals surface area contributed by atoms with Gasteiger partial charge in [0.25, 0.3) is 0 Å². The van der Waals surface area contributed by atoms with Crippen LogP contribution in [0.4, 0.5) is 5.69 Å². The molecule has 0 aliphatic heterocycles. The van der Waals surface area contributed by atoms with Crippen LogP contribution in [0.15, 0.2) is 60.7 Å². The standard InChI is InChI=1S/C13H13BClN/c1-16(13-10-6-3-7-11-13)14(15)12-8-4-2-5-9-12/h2-11H,1H3. The lowest BCUT2D eigenvalue weighted by Gasteiger charge is -2.22. The number of para-hydroxylation sites is 1. The lowest BCUT2D eigenvalue weighted by Crippen LogP contribution is -2.41. The molecule has 0 spiro atoms. The highest BCUT2D eigenvalue weighted by Gasteiger charge is 2.19. The van der Waals surface area contributed by atoms with Crippen LogP contribution in [-0.2, 0) is 0 Å². The summed E-state index contributed by atoms with van der Waals surface area (Å²) in [5.41, 5.74) is 2.22. The quantitative estimate of drug-likeness (QED) is 0.732. The minimum absolute atomic E-state index is 0.136. The molecule has 0 amide bonds. The molecule has 2 aromatic carbocycles. The molecule has 0 fully saturated rings. The summed E-state index contributed by atoms with van der Waals surface area (Å²) in [6.45, 7) is 0. The van der Waals surface area contributed by atoms with E-state index in [-0.39, 0.29) is 6.26 Å². The molecule has 0 heterocycles. The molecule has 3 heteroatoms. The van der Waals surface area contributed by atoms with Gasteiger partial charge in [-0.2, -0.15) is 11.5 Å². The number of hydrogen-bond acceptors (Lipinski definition) is 1. The third-order valence-corrected chi connectivity index (χ3v) is 3.12. The van der Waals surface area contributed by atoms with Gasteiger partial charge in [0.05, 0.1) is 0 Å². The zero-order chi connectivity index (χ0) is 11.4. The molecule has 2 aromatic rings. The highest BCUT2D eigenvalue weighted by atomic mass is 35.5. The smallest absolute Gasteiger partial charge is 0.395 e. The van der Waals surface area contributed by atoms with Gasteiger partial charge in [-0.05, 0) is 24.6 Å². The van der Waals surface area contributed by atoms with E-state index < -0.39 is 0 Å². The van der Waals surface area contributed by atoms with E-state index in [1.165, 1.54) is 0 Å². The van der Waals surface area contributed by atoms with Crippen LogP contribution in [0.3, 0.4) is 0 Å². The van der Waals surface area contributed by atoms with E-state index in [2.05, 4.69) is 16.9 Å². The maximum atomic E-state index is 6.42. The summed E-state index contributed by atoms with van der Waals surface area (Å²) in [5, 5.41) is 0. The first-order valence-electron chi connectivity index (χ1n) is 5.26. The number of benzene rings is 2. The predicted octanol–water partition coefficient (Wildman–Crippen LogP) is 2.76. The van der Waals surface area contributed by atoms with Gasteiger partial charge in [-0.1, -0.05) is 48.5 Å². The van der Waals surface area contributed by atoms with Crippen LogP contribution in [0, 0.1) is 0 Å². The van der Waals surface area contributed by atoms with Gasteiger partial charge >= 0.3 is 6.26 Å². The Hall–Kier alpha value is -1.41. The molecule has 1 nitrogen and oxygen atoms in total. The zero-order valence-electron chi connectivity index (χ0n) is 9.18. The van der Waals surface area contributed by atoms with Gasteiger partial charge in [0, 0.05) is 5.69 Å². The van der Waals surface area contributed by atoms with Crippen LogP contribution in [0.1, 0.15) is 0 Å². The maximum Gasteiger partial charge on any atom is 0.395 e. The maximum absolute atomic E-state index is 6.42. The van der Waals surface area contributed by atoms with Crippen molar-refractivity contribution in [3.8, 4) is 0 Å². The van der Waals surface area contributed by atoms with Crippen LogP contribution in [-0.4, -0.2) is 13.3 Å². The number of rotatable bonds is 3. The Balaban J connectivity index is 2.20. The third kappa shape index (κ3) is 2.39. The normalized spacial score (nSPS) is 9.88. The van der Waals surface area contributed by atoms with Crippen LogP contribution >= 0.6 is 11.5 Å². The molecule has 2 rings (SSSR count). The monoisotopic (exact) mass is 229 g/mol. The molecule has 16 heavy (non-hydrogen) atoms. The molecule has 0 aliphatic carbocycles. The van der Waals surface area contributed by atoms with Crippen LogP contribution in [0.5, 0.6) is 0 Å². The molecule has 0 aromatic heterocycles. The molecule has 0 unspecified atom stereocenters. The van der Waals surface area contributed by atoms with E-state index in [4.69, 9.17) is 11.5 Å². The summed E-state index contributed by atoms with van der Waals surface area (Å²) in [7, 11) is 2.00. The van der Waals surface area contributed by atoms with Crippen molar-refractivity contribution in [3.05, 3.63) is 60.7 Å². The number of hydrogen-bond donors (Lipinski definition) is 0. The number of nitrogens with zero attached hydrogens (tertiary/aromatic N) is 1. The van der Waals surface area contributed by atoms with Crippen LogP contribution in [0.2, 0.25) is 0 Å². The largest absolute Gasteiger partial charge is 0.400 e. The fourth-order valence-corrected chi connectivity index (χ4v) is 1.89. The zero-order valence-corrected chi connectivity index (χ0v) is 9.93. The SMILES string of the molecule is CN(B(Cl)c1ccccc1)c1ccccc1. The molecule has 0 saturated carbocycles. The lowest BCUT2D eigenvalue weighted by molar-refractivity contribution is 1.32. The first kappa shape index (κ1) is 11.1. The second-order valence-corrected chi connectivity index (χ2v) is 4.11. The Morgan fingerprint density at radius 3 is 1.94 bits per heavy atom. The lowest BCUT2D eigenvalue weighted by atomic mass is 9.78. The fourth-order valence-electron chi connectivity index (χ4n) is 1.63. The molecule has 0 atom stereocenters.